The highest BCUT2D eigenvalue weighted by Crippen LogP contribution is 2.19. The van der Waals surface area contributed by atoms with E-state index in [9.17, 15) is 14.7 Å². The lowest BCUT2D eigenvalue weighted by Gasteiger charge is -2.18. The Morgan fingerprint density at radius 2 is 1.81 bits per heavy atom. The highest BCUT2D eigenvalue weighted by atomic mass is 16.5. The van der Waals surface area contributed by atoms with Crippen LogP contribution in [0.3, 0.4) is 0 Å². The molecule has 0 saturated heterocycles. The van der Waals surface area contributed by atoms with Crippen molar-refractivity contribution in [2.75, 3.05) is 14.2 Å². The minimum Gasteiger partial charge on any atom is -0.469 e. The molecule has 112 valence electrons. The molecular weight excluding hydrogens is 278 g/mol. The second kappa shape index (κ2) is 7.88. The molecule has 2 unspecified atom stereocenters. The van der Waals surface area contributed by atoms with Gasteiger partial charge in [0.05, 0.1) is 20.1 Å². The molecule has 0 saturated carbocycles. The van der Waals surface area contributed by atoms with Crippen LogP contribution in [0.25, 0.3) is 10.4 Å². The number of rotatable bonds is 6. The second-order valence-electron chi connectivity index (χ2n) is 4.16. The van der Waals surface area contributed by atoms with Crippen molar-refractivity contribution in [3.8, 4) is 0 Å². The van der Waals surface area contributed by atoms with E-state index in [-0.39, 0.29) is 6.42 Å². The van der Waals surface area contributed by atoms with Crippen molar-refractivity contribution in [2.24, 2.45) is 11.0 Å². The zero-order chi connectivity index (χ0) is 15.8. The number of aliphatic hydroxyl groups is 1. The van der Waals surface area contributed by atoms with Gasteiger partial charge < -0.3 is 14.6 Å². The number of nitrogens with zero attached hydrogens (tertiary/aromatic N) is 3. The first kappa shape index (κ1) is 16.5. The van der Waals surface area contributed by atoms with Crippen LogP contribution in [-0.2, 0) is 25.5 Å². The average Bonchev–Trinajstić information content (AvgIpc) is 2.52. The molecule has 1 aromatic carbocycles. The Kier molecular flexibility index (Phi) is 6.19. The number of hydrogen-bond acceptors (Lipinski definition) is 6. The summed E-state index contributed by atoms with van der Waals surface area (Å²) in [5.74, 6) is -2.70. The molecule has 8 nitrogen and oxygen atoms in total. The number of carbonyl (C=O) groups excluding carboxylic acids is 2. The highest BCUT2D eigenvalue weighted by molar-refractivity contribution is 5.83. The van der Waals surface area contributed by atoms with E-state index in [1.165, 1.54) is 7.11 Å². The summed E-state index contributed by atoms with van der Waals surface area (Å²) in [5, 5.41) is 13.3. The van der Waals surface area contributed by atoms with E-state index in [0.717, 1.165) is 7.11 Å². The fourth-order valence-electron chi connectivity index (χ4n) is 1.76. The molecule has 2 atom stereocenters. The molecule has 0 radical (unpaired) electrons. The first-order valence-electron chi connectivity index (χ1n) is 6.01. The Bertz CT molecular complexity index is 551. The number of esters is 2. The molecule has 0 aliphatic rings. The average molecular weight is 293 g/mol. The van der Waals surface area contributed by atoms with Gasteiger partial charge >= 0.3 is 11.9 Å². The summed E-state index contributed by atoms with van der Waals surface area (Å²) >= 11 is 0. The highest BCUT2D eigenvalue weighted by Gasteiger charge is 2.33. The van der Waals surface area contributed by atoms with Crippen molar-refractivity contribution < 1.29 is 24.2 Å². The molecule has 1 aromatic rings. The molecule has 0 spiro atoms. The van der Waals surface area contributed by atoms with Crippen molar-refractivity contribution in [3.63, 3.8) is 0 Å². The Balaban J connectivity index is 2.92. The molecular formula is C13H15N3O5. The lowest BCUT2D eigenvalue weighted by Crippen LogP contribution is -2.37. The van der Waals surface area contributed by atoms with Crippen LogP contribution in [0.5, 0.6) is 0 Å². The minimum atomic E-state index is -1.61. The number of hydrogen-bond donors (Lipinski definition) is 1. The van der Waals surface area contributed by atoms with E-state index in [4.69, 9.17) is 5.53 Å². The van der Waals surface area contributed by atoms with Crippen LogP contribution in [0, 0.1) is 5.92 Å². The molecule has 0 heterocycles. The Morgan fingerprint density at radius 3 is 2.29 bits per heavy atom. The zero-order valence-electron chi connectivity index (χ0n) is 11.6. The van der Waals surface area contributed by atoms with Crippen LogP contribution in [0.2, 0.25) is 0 Å². The Labute approximate surface area is 120 Å². The van der Waals surface area contributed by atoms with Gasteiger partial charge in [0.2, 0.25) is 0 Å². The summed E-state index contributed by atoms with van der Waals surface area (Å²) in [7, 11) is 2.29. The maximum Gasteiger partial charge on any atom is 0.335 e. The third kappa shape index (κ3) is 4.48. The topological polar surface area (TPSA) is 122 Å². The molecule has 1 rings (SSSR count). The molecule has 21 heavy (non-hydrogen) atoms. The smallest absolute Gasteiger partial charge is 0.335 e. The van der Waals surface area contributed by atoms with Gasteiger partial charge in [0.1, 0.15) is 0 Å². The number of azide groups is 1. The van der Waals surface area contributed by atoms with Gasteiger partial charge in [0.15, 0.2) is 6.10 Å². The number of ether oxygens (including phenoxy) is 2. The summed E-state index contributed by atoms with van der Waals surface area (Å²) in [5.41, 5.74) is 9.41. The van der Waals surface area contributed by atoms with Gasteiger partial charge in [-0.1, -0.05) is 29.4 Å². The lowest BCUT2D eigenvalue weighted by molar-refractivity contribution is -0.163. The standard InChI is InChI=1S/C13H15N3O5/c1-20-12(18)10(11(17)13(19)21-2)7-8-3-5-9(6-4-8)15-16-14/h3-6,10-11,17H,7H2,1-2H3. The quantitative estimate of drug-likeness (QED) is 0.368. The van der Waals surface area contributed by atoms with Gasteiger partial charge in [-0.05, 0) is 17.5 Å². The van der Waals surface area contributed by atoms with Crippen molar-refractivity contribution >= 4 is 17.6 Å². The van der Waals surface area contributed by atoms with Gasteiger partial charge in [-0.3, -0.25) is 4.79 Å². The van der Waals surface area contributed by atoms with E-state index in [2.05, 4.69) is 19.5 Å². The molecule has 0 aliphatic carbocycles. The Morgan fingerprint density at radius 1 is 1.24 bits per heavy atom. The number of benzene rings is 1. The zero-order valence-corrected chi connectivity index (χ0v) is 11.6. The van der Waals surface area contributed by atoms with Crippen molar-refractivity contribution in [1.82, 2.24) is 0 Å². The summed E-state index contributed by atoms with van der Waals surface area (Å²) in [4.78, 5) is 25.7. The first-order valence-corrected chi connectivity index (χ1v) is 6.01. The second-order valence-corrected chi connectivity index (χ2v) is 4.16. The molecule has 0 amide bonds. The van der Waals surface area contributed by atoms with Crippen molar-refractivity contribution in [1.29, 1.82) is 0 Å². The van der Waals surface area contributed by atoms with Crippen LogP contribution in [0.1, 0.15) is 5.56 Å². The van der Waals surface area contributed by atoms with Gasteiger partial charge in [-0.2, -0.15) is 0 Å². The predicted octanol–water partition coefficient (Wildman–Crippen LogP) is 1.49. The van der Waals surface area contributed by atoms with Crippen LogP contribution in [0.4, 0.5) is 5.69 Å². The minimum absolute atomic E-state index is 0.0828. The van der Waals surface area contributed by atoms with Crippen molar-refractivity contribution in [2.45, 2.75) is 12.5 Å². The van der Waals surface area contributed by atoms with Crippen LogP contribution < -0.4 is 0 Å². The molecule has 0 aromatic heterocycles. The molecule has 0 bridgehead atoms. The van der Waals surface area contributed by atoms with Gasteiger partial charge in [0.25, 0.3) is 0 Å². The van der Waals surface area contributed by atoms with E-state index in [1.807, 2.05) is 0 Å². The summed E-state index contributed by atoms with van der Waals surface area (Å²) in [6.07, 6.45) is -1.53. The maximum atomic E-state index is 11.7. The van der Waals surface area contributed by atoms with E-state index < -0.39 is 24.0 Å². The van der Waals surface area contributed by atoms with Gasteiger partial charge in [-0.15, -0.1) is 0 Å². The van der Waals surface area contributed by atoms with E-state index in [0.29, 0.717) is 11.3 Å². The Hall–Kier alpha value is -2.57. The van der Waals surface area contributed by atoms with Crippen LogP contribution >= 0.6 is 0 Å². The third-order valence-corrected chi connectivity index (χ3v) is 2.88. The van der Waals surface area contributed by atoms with Crippen LogP contribution in [-0.4, -0.2) is 37.4 Å². The first-order chi connectivity index (χ1) is 10.0. The number of carbonyl (C=O) groups is 2. The monoisotopic (exact) mass is 293 g/mol. The SMILES string of the molecule is COC(=O)C(O)C(Cc1ccc(N=[N+]=[N-])cc1)C(=O)OC. The number of aliphatic hydroxyl groups excluding tert-OH is 1. The van der Waals surface area contributed by atoms with E-state index in [1.54, 1.807) is 24.3 Å². The fourth-order valence-corrected chi connectivity index (χ4v) is 1.76. The summed E-state index contributed by atoms with van der Waals surface area (Å²) < 4.78 is 9.01. The number of methoxy groups -OCH3 is 2. The maximum absolute atomic E-state index is 11.7. The van der Waals surface area contributed by atoms with Crippen LogP contribution in [0.15, 0.2) is 29.4 Å². The summed E-state index contributed by atoms with van der Waals surface area (Å²) in [6.45, 7) is 0. The van der Waals surface area contributed by atoms with E-state index >= 15 is 0 Å². The molecule has 0 fully saturated rings. The van der Waals surface area contributed by atoms with Gasteiger partial charge in [0, 0.05) is 10.6 Å². The van der Waals surface area contributed by atoms with Gasteiger partial charge in [-0.25, -0.2) is 4.79 Å². The normalized spacial score (nSPS) is 12.7. The largest absolute Gasteiger partial charge is 0.469 e. The fraction of sp³-hybridized carbons (Fsp3) is 0.385. The summed E-state index contributed by atoms with van der Waals surface area (Å²) in [6, 6.07) is 6.38. The lowest BCUT2D eigenvalue weighted by atomic mass is 9.94. The van der Waals surface area contributed by atoms with Crippen molar-refractivity contribution in [3.05, 3.63) is 40.3 Å². The predicted molar refractivity (Wildman–Crippen MR) is 72.5 cm³/mol. The molecule has 8 heteroatoms. The molecule has 0 aliphatic heterocycles. The molecule has 1 N–H and O–H groups in total. The third-order valence-electron chi connectivity index (χ3n) is 2.88.